The number of amides is 1. The van der Waals surface area contributed by atoms with Crippen LogP contribution < -0.4 is 14.8 Å². The van der Waals surface area contributed by atoms with Gasteiger partial charge in [-0.1, -0.05) is 13.0 Å². The summed E-state index contributed by atoms with van der Waals surface area (Å²) < 4.78 is 11.1. The molecule has 90 valence electrons. The molecule has 2 aliphatic heterocycles. The molecular formula is C13H15NO3. The number of rotatable bonds is 1. The molecule has 2 heterocycles. The van der Waals surface area contributed by atoms with E-state index >= 15 is 0 Å². The Kier molecular flexibility index (Phi) is 2.24. The first-order valence-corrected chi connectivity index (χ1v) is 5.84. The van der Waals surface area contributed by atoms with E-state index < -0.39 is 0 Å². The molecule has 1 amide bonds. The lowest BCUT2D eigenvalue weighted by Gasteiger charge is -2.25. The Bertz CT molecular complexity index is 472. The SMILES string of the molecule is CC1(c2ccc3c(c2)OCCO3)CNC(=O)C1. The van der Waals surface area contributed by atoms with E-state index in [4.69, 9.17) is 9.47 Å². The van der Waals surface area contributed by atoms with Gasteiger partial charge in [-0.25, -0.2) is 0 Å². The molecule has 0 radical (unpaired) electrons. The molecule has 0 spiro atoms. The van der Waals surface area contributed by atoms with Gasteiger partial charge in [-0.15, -0.1) is 0 Å². The molecule has 4 nitrogen and oxygen atoms in total. The summed E-state index contributed by atoms with van der Waals surface area (Å²) in [4.78, 5) is 11.4. The molecule has 0 aromatic heterocycles. The Labute approximate surface area is 99.9 Å². The Morgan fingerprint density at radius 2 is 2.00 bits per heavy atom. The van der Waals surface area contributed by atoms with E-state index in [2.05, 4.69) is 12.2 Å². The molecule has 1 unspecified atom stereocenters. The lowest BCUT2D eigenvalue weighted by atomic mass is 9.81. The molecule has 1 atom stereocenters. The molecule has 1 saturated heterocycles. The highest BCUT2D eigenvalue weighted by Gasteiger charge is 2.36. The van der Waals surface area contributed by atoms with Gasteiger partial charge in [-0.3, -0.25) is 4.79 Å². The third kappa shape index (κ3) is 1.73. The van der Waals surface area contributed by atoms with Crippen molar-refractivity contribution in [3.05, 3.63) is 23.8 Å². The number of carbonyl (C=O) groups excluding carboxylic acids is 1. The van der Waals surface area contributed by atoms with Crippen molar-refractivity contribution >= 4 is 5.91 Å². The zero-order chi connectivity index (χ0) is 11.9. The number of benzene rings is 1. The average Bonchev–Trinajstić information content (AvgIpc) is 2.70. The highest BCUT2D eigenvalue weighted by molar-refractivity contribution is 5.80. The maximum atomic E-state index is 11.4. The van der Waals surface area contributed by atoms with Crippen LogP contribution in [0.15, 0.2) is 18.2 Å². The van der Waals surface area contributed by atoms with Crippen molar-refractivity contribution < 1.29 is 14.3 Å². The predicted octanol–water partition coefficient (Wildman–Crippen LogP) is 1.24. The van der Waals surface area contributed by atoms with Crippen molar-refractivity contribution in [3.63, 3.8) is 0 Å². The second-order valence-electron chi connectivity index (χ2n) is 4.87. The van der Waals surface area contributed by atoms with Gasteiger partial charge < -0.3 is 14.8 Å². The van der Waals surface area contributed by atoms with Gasteiger partial charge in [0.1, 0.15) is 13.2 Å². The minimum Gasteiger partial charge on any atom is -0.486 e. The lowest BCUT2D eigenvalue weighted by molar-refractivity contribution is -0.119. The van der Waals surface area contributed by atoms with Crippen LogP contribution in [-0.2, 0) is 10.2 Å². The molecule has 0 bridgehead atoms. The number of ether oxygens (including phenoxy) is 2. The number of fused-ring (bicyclic) bond motifs is 1. The minimum atomic E-state index is -0.132. The van der Waals surface area contributed by atoms with Crippen LogP contribution in [0.2, 0.25) is 0 Å². The van der Waals surface area contributed by atoms with E-state index in [0.29, 0.717) is 26.2 Å². The van der Waals surface area contributed by atoms with E-state index in [0.717, 1.165) is 17.1 Å². The molecule has 1 N–H and O–H groups in total. The fourth-order valence-electron chi connectivity index (χ4n) is 2.40. The van der Waals surface area contributed by atoms with E-state index in [9.17, 15) is 4.79 Å². The van der Waals surface area contributed by atoms with Crippen molar-refractivity contribution in [1.82, 2.24) is 5.32 Å². The van der Waals surface area contributed by atoms with E-state index in [1.54, 1.807) is 0 Å². The molecular weight excluding hydrogens is 218 g/mol. The first kappa shape index (κ1) is 10.4. The van der Waals surface area contributed by atoms with Crippen molar-refractivity contribution in [2.24, 2.45) is 0 Å². The van der Waals surface area contributed by atoms with Gasteiger partial charge in [0.25, 0.3) is 0 Å². The van der Waals surface area contributed by atoms with Gasteiger partial charge in [-0.05, 0) is 17.7 Å². The van der Waals surface area contributed by atoms with E-state index in [1.165, 1.54) is 0 Å². The standard InChI is InChI=1S/C13H15NO3/c1-13(7-12(15)14-8-13)9-2-3-10-11(6-9)17-5-4-16-10/h2-3,6H,4-5,7-8H2,1H3,(H,14,15). The highest BCUT2D eigenvalue weighted by atomic mass is 16.6. The van der Waals surface area contributed by atoms with E-state index in [-0.39, 0.29) is 11.3 Å². The maximum absolute atomic E-state index is 11.4. The summed E-state index contributed by atoms with van der Waals surface area (Å²) in [5.74, 6) is 1.69. The smallest absolute Gasteiger partial charge is 0.220 e. The molecule has 1 fully saturated rings. The Hall–Kier alpha value is -1.71. The quantitative estimate of drug-likeness (QED) is 0.793. The van der Waals surface area contributed by atoms with Crippen molar-refractivity contribution in [1.29, 1.82) is 0 Å². The zero-order valence-electron chi connectivity index (χ0n) is 9.79. The van der Waals surface area contributed by atoms with Gasteiger partial charge in [0, 0.05) is 18.4 Å². The molecule has 3 rings (SSSR count). The normalized spacial score (nSPS) is 26.8. The highest BCUT2D eigenvalue weighted by Crippen LogP contribution is 2.37. The molecule has 0 saturated carbocycles. The third-order valence-electron chi connectivity index (χ3n) is 3.47. The number of hydrogen-bond acceptors (Lipinski definition) is 3. The molecule has 4 heteroatoms. The van der Waals surface area contributed by atoms with Crippen LogP contribution in [0.5, 0.6) is 11.5 Å². The van der Waals surface area contributed by atoms with E-state index in [1.807, 2.05) is 18.2 Å². The average molecular weight is 233 g/mol. The molecule has 1 aromatic rings. The van der Waals surface area contributed by atoms with Gasteiger partial charge in [0.15, 0.2) is 11.5 Å². The van der Waals surface area contributed by atoms with Crippen LogP contribution in [-0.4, -0.2) is 25.7 Å². The van der Waals surface area contributed by atoms with Crippen LogP contribution in [0.1, 0.15) is 18.9 Å². The van der Waals surface area contributed by atoms with Crippen LogP contribution in [0.3, 0.4) is 0 Å². The summed E-state index contributed by atoms with van der Waals surface area (Å²) in [5, 5.41) is 2.88. The molecule has 0 aliphatic carbocycles. The van der Waals surface area contributed by atoms with Crippen LogP contribution in [0, 0.1) is 0 Å². The summed E-state index contributed by atoms with van der Waals surface area (Å²) in [5.41, 5.74) is 0.993. The first-order chi connectivity index (χ1) is 8.17. The predicted molar refractivity (Wildman–Crippen MR) is 62.4 cm³/mol. The summed E-state index contributed by atoms with van der Waals surface area (Å²) in [6.45, 7) is 3.97. The third-order valence-corrected chi connectivity index (χ3v) is 3.47. The van der Waals surface area contributed by atoms with Gasteiger partial charge in [-0.2, -0.15) is 0 Å². The topological polar surface area (TPSA) is 47.6 Å². The zero-order valence-corrected chi connectivity index (χ0v) is 9.79. The molecule has 2 aliphatic rings. The van der Waals surface area contributed by atoms with Gasteiger partial charge in [0.05, 0.1) is 0 Å². The van der Waals surface area contributed by atoms with Gasteiger partial charge >= 0.3 is 0 Å². The van der Waals surface area contributed by atoms with Crippen molar-refractivity contribution in [2.75, 3.05) is 19.8 Å². The summed E-state index contributed by atoms with van der Waals surface area (Å²) in [6.07, 6.45) is 0.534. The Morgan fingerprint density at radius 1 is 1.24 bits per heavy atom. The Morgan fingerprint density at radius 3 is 2.71 bits per heavy atom. The Balaban J connectivity index is 1.96. The largest absolute Gasteiger partial charge is 0.486 e. The van der Waals surface area contributed by atoms with Crippen molar-refractivity contribution in [2.45, 2.75) is 18.8 Å². The minimum absolute atomic E-state index is 0.113. The molecule has 17 heavy (non-hydrogen) atoms. The van der Waals surface area contributed by atoms with Gasteiger partial charge in [0.2, 0.25) is 5.91 Å². The second kappa shape index (κ2) is 3.65. The van der Waals surface area contributed by atoms with Crippen LogP contribution in [0.25, 0.3) is 0 Å². The second-order valence-corrected chi connectivity index (χ2v) is 4.87. The lowest BCUT2D eigenvalue weighted by Crippen LogP contribution is -2.25. The van der Waals surface area contributed by atoms with Crippen LogP contribution >= 0.6 is 0 Å². The summed E-state index contributed by atoms with van der Waals surface area (Å²) >= 11 is 0. The monoisotopic (exact) mass is 233 g/mol. The first-order valence-electron chi connectivity index (χ1n) is 5.84. The summed E-state index contributed by atoms with van der Waals surface area (Å²) in [7, 11) is 0. The number of hydrogen-bond donors (Lipinski definition) is 1. The summed E-state index contributed by atoms with van der Waals surface area (Å²) in [6, 6.07) is 5.94. The fourth-order valence-corrected chi connectivity index (χ4v) is 2.40. The number of carbonyl (C=O) groups is 1. The molecule has 1 aromatic carbocycles. The number of nitrogens with one attached hydrogen (secondary N) is 1. The fraction of sp³-hybridized carbons (Fsp3) is 0.462. The van der Waals surface area contributed by atoms with Crippen LogP contribution in [0.4, 0.5) is 0 Å². The maximum Gasteiger partial charge on any atom is 0.220 e. The van der Waals surface area contributed by atoms with Crippen molar-refractivity contribution in [3.8, 4) is 11.5 Å².